The highest BCUT2D eigenvalue weighted by Gasteiger charge is 2.38. The van der Waals surface area contributed by atoms with Crippen LogP contribution in [0, 0.1) is 5.41 Å². The van der Waals surface area contributed by atoms with Crippen LogP contribution in [-0.2, 0) is 25.7 Å². The van der Waals surface area contributed by atoms with E-state index in [1.807, 2.05) is 42.5 Å². The average Bonchev–Trinajstić information content (AvgIpc) is 2.51. The lowest BCUT2D eigenvalue weighted by atomic mass is 9.94. The molecule has 0 aliphatic rings. The summed E-state index contributed by atoms with van der Waals surface area (Å²) in [6, 6.07) is 13.8. The Labute approximate surface area is 123 Å². The molecule has 0 aliphatic heterocycles. The lowest BCUT2D eigenvalue weighted by Gasteiger charge is -2.19. The first kappa shape index (κ1) is 15.0. The number of esters is 2. The van der Waals surface area contributed by atoms with Crippen LogP contribution in [0.2, 0.25) is 0 Å². The van der Waals surface area contributed by atoms with Gasteiger partial charge in [-0.2, -0.15) is 0 Å². The van der Waals surface area contributed by atoms with E-state index in [0.29, 0.717) is 0 Å². The average molecular weight is 286 g/mol. The molecule has 0 amide bonds. The fourth-order valence-corrected chi connectivity index (χ4v) is 2.00. The van der Waals surface area contributed by atoms with Gasteiger partial charge in [0.1, 0.15) is 6.61 Å². The zero-order chi connectivity index (χ0) is 15.5. The highest BCUT2D eigenvalue weighted by atomic mass is 16.6. The van der Waals surface area contributed by atoms with E-state index in [1.165, 1.54) is 21.0 Å². The molecule has 0 saturated carbocycles. The van der Waals surface area contributed by atoms with E-state index in [2.05, 4.69) is 4.74 Å². The molecule has 0 saturated heterocycles. The number of rotatable bonds is 4. The minimum atomic E-state index is -1.30. The second-order valence-electron chi connectivity index (χ2n) is 5.37. The van der Waals surface area contributed by atoms with E-state index in [4.69, 9.17) is 4.74 Å². The smallest absolute Gasteiger partial charge is 0.323 e. The maximum Gasteiger partial charge on any atom is 0.323 e. The van der Waals surface area contributed by atoms with Gasteiger partial charge < -0.3 is 9.47 Å². The first-order chi connectivity index (χ1) is 9.95. The van der Waals surface area contributed by atoms with Gasteiger partial charge in [-0.1, -0.05) is 36.4 Å². The van der Waals surface area contributed by atoms with Crippen molar-refractivity contribution in [2.45, 2.75) is 20.5 Å². The minimum absolute atomic E-state index is 0.129. The number of fused-ring (bicyclic) bond motifs is 1. The van der Waals surface area contributed by atoms with Crippen LogP contribution in [0.5, 0.6) is 0 Å². The lowest BCUT2D eigenvalue weighted by Crippen LogP contribution is -2.35. The van der Waals surface area contributed by atoms with Gasteiger partial charge in [0.15, 0.2) is 5.41 Å². The Kier molecular flexibility index (Phi) is 4.26. The number of benzene rings is 2. The number of hydrogen-bond acceptors (Lipinski definition) is 4. The van der Waals surface area contributed by atoms with Gasteiger partial charge in [0, 0.05) is 0 Å². The molecule has 2 rings (SSSR count). The molecule has 0 atom stereocenters. The Morgan fingerprint density at radius 3 is 2.33 bits per heavy atom. The lowest BCUT2D eigenvalue weighted by molar-refractivity contribution is -0.168. The SMILES string of the molecule is COC(=O)C(C)(C)C(=O)OCc1ccc2ccccc2c1. The van der Waals surface area contributed by atoms with Crippen molar-refractivity contribution in [2.75, 3.05) is 7.11 Å². The van der Waals surface area contributed by atoms with Crippen LogP contribution >= 0.6 is 0 Å². The maximum atomic E-state index is 12.0. The summed E-state index contributed by atoms with van der Waals surface area (Å²) < 4.78 is 9.83. The van der Waals surface area contributed by atoms with Gasteiger partial charge in [-0.05, 0) is 36.2 Å². The van der Waals surface area contributed by atoms with E-state index < -0.39 is 17.4 Å². The molecule has 0 unspecified atom stereocenters. The summed E-state index contributed by atoms with van der Waals surface area (Å²) in [5.74, 6) is -1.20. The predicted octanol–water partition coefficient (Wildman–Crippen LogP) is 3.08. The number of hydrogen-bond donors (Lipinski definition) is 0. The third-order valence-electron chi connectivity index (χ3n) is 3.39. The topological polar surface area (TPSA) is 52.6 Å². The normalized spacial score (nSPS) is 11.2. The second kappa shape index (κ2) is 5.95. The van der Waals surface area contributed by atoms with Crippen LogP contribution in [0.4, 0.5) is 0 Å². The van der Waals surface area contributed by atoms with Crippen molar-refractivity contribution in [3.63, 3.8) is 0 Å². The number of methoxy groups -OCH3 is 1. The highest BCUT2D eigenvalue weighted by molar-refractivity contribution is 5.99. The molecule has 0 bridgehead atoms. The van der Waals surface area contributed by atoms with Crippen molar-refractivity contribution >= 4 is 22.7 Å². The van der Waals surface area contributed by atoms with Gasteiger partial charge in [-0.25, -0.2) is 0 Å². The molecule has 0 radical (unpaired) electrons. The summed E-state index contributed by atoms with van der Waals surface area (Å²) >= 11 is 0. The molecule has 2 aromatic carbocycles. The summed E-state index contributed by atoms with van der Waals surface area (Å²) in [6.45, 7) is 3.10. The Hall–Kier alpha value is -2.36. The standard InChI is InChI=1S/C17H18O4/c1-17(2,15(18)20-3)16(19)21-11-12-8-9-13-6-4-5-7-14(13)10-12/h4-10H,11H2,1-3H3. The van der Waals surface area contributed by atoms with E-state index in [1.54, 1.807) is 0 Å². The molecule has 21 heavy (non-hydrogen) atoms. The van der Waals surface area contributed by atoms with E-state index in [0.717, 1.165) is 16.3 Å². The number of ether oxygens (including phenoxy) is 2. The first-order valence-electron chi connectivity index (χ1n) is 6.68. The van der Waals surface area contributed by atoms with Crippen LogP contribution in [0.25, 0.3) is 10.8 Å². The Morgan fingerprint density at radius 2 is 1.67 bits per heavy atom. The van der Waals surface area contributed by atoms with Gasteiger partial charge in [-0.15, -0.1) is 0 Å². The maximum absolute atomic E-state index is 12.0. The highest BCUT2D eigenvalue weighted by Crippen LogP contribution is 2.21. The van der Waals surface area contributed by atoms with Gasteiger partial charge in [0.05, 0.1) is 7.11 Å². The van der Waals surface area contributed by atoms with Crippen molar-refractivity contribution in [3.8, 4) is 0 Å². The Bertz CT molecular complexity index is 673. The fraction of sp³-hybridized carbons (Fsp3) is 0.294. The molecular formula is C17H18O4. The van der Waals surface area contributed by atoms with E-state index >= 15 is 0 Å². The van der Waals surface area contributed by atoms with Crippen molar-refractivity contribution in [1.29, 1.82) is 0 Å². The second-order valence-corrected chi connectivity index (χ2v) is 5.37. The molecule has 0 fully saturated rings. The summed E-state index contributed by atoms with van der Waals surface area (Å²) in [6.07, 6.45) is 0. The molecule has 0 spiro atoms. The van der Waals surface area contributed by atoms with Crippen LogP contribution < -0.4 is 0 Å². The number of carbonyl (C=O) groups excluding carboxylic acids is 2. The first-order valence-corrected chi connectivity index (χ1v) is 6.68. The monoisotopic (exact) mass is 286 g/mol. The molecule has 0 aromatic heterocycles. The van der Waals surface area contributed by atoms with Crippen LogP contribution in [0.15, 0.2) is 42.5 Å². The largest absolute Gasteiger partial charge is 0.468 e. The molecule has 0 aliphatic carbocycles. The molecular weight excluding hydrogens is 268 g/mol. The van der Waals surface area contributed by atoms with E-state index in [-0.39, 0.29) is 6.61 Å². The molecule has 4 heteroatoms. The van der Waals surface area contributed by atoms with Crippen LogP contribution in [-0.4, -0.2) is 19.0 Å². The van der Waals surface area contributed by atoms with Crippen LogP contribution in [0.3, 0.4) is 0 Å². The van der Waals surface area contributed by atoms with Gasteiger partial charge in [-0.3, -0.25) is 9.59 Å². The van der Waals surface area contributed by atoms with E-state index in [9.17, 15) is 9.59 Å². The molecule has 110 valence electrons. The van der Waals surface area contributed by atoms with Gasteiger partial charge >= 0.3 is 11.9 Å². The minimum Gasteiger partial charge on any atom is -0.468 e. The third kappa shape index (κ3) is 3.21. The quantitative estimate of drug-likeness (QED) is 0.640. The molecule has 4 nitrogen and oxygen atoms in total. The molecule has 2 aromatic rings. The van der Waals surface area contributed by atoms with Crippen molar-refractivity contribution in [3.05, 3.63) is 48.0 Å². The zero-order valence-corrected chi connectivity index (χ0v) is 12.4. The fourth-order valence-electron chi connectivity index (χ4n) is 2.00. The third-order valence-corrected chi connectivity index (χ3v) is 3.39. The predicted molar refractivity (Wildman–Crippen MR) is 79.5 cm³/mol. The van der Waals surface area contributed by atoms with Crippen LogP contribution in [0.1, 0.15) is 19.4 Å². The van der Waals surface area contributed by atoms with Gasteiger partial charge in [0.2, 0.25) is 0 Å². The summed E-state index contributed by atoms with van der Waals surface area (Å²) in [5, 5.41) is 2.21. The Morgan fingerprint density at radius 1 is 1.00 bits per heavy atom. The molecule has 0 heterocycles. The summed E-state index contributed by atoms with van der Waals surface area (Å²) in [5.41, 5.74) is -0.422. The van der Waals surface area contributed by atoms with Crippen molar-refractivity contribution in [2.24, 2.45) is 5.41 Å². The zero-order valence-electron chi connectivity index (χ0n) is 12.4. The van der Waals surface area contributed by atoms with Crippen molar-refractivity contribution < 1.29 is 19.1 Å². The number of carbonyl (C=O) groups is 2. The van der Waals surface area contributed by atoms with Gasteiger partial charge in [0.25, 0.3) is 0 Å². The Balaban J connectivity index is 2.07. The summed E-state index contributed by atoms with van der Waals surface area (Å²) in [4.78, 5) is 23.5. The van der Waals surface area contributed by atoms with Crippen molar-refractivity contribution in [1.82, 2.24) is 0 Å². The molecule has 0 N–H and O–H groups in total. The summed E-state index contributed by atoms with van der Waals surface area (Å²) in [7, 11) is 1.25.